The number of nitrogens with zero attached hydrogens (tertiary/aromatic N) is 3. The van der Waals surface area contributed by atoms with Gasteiger partial charge in [-0.05, 0) is 25.1 Å². The third kappa shape index (κ3) is 3.58. The van der Waals surface area contributed by atoms with Crippen molar-refractivity contribution in [2.75, 3.05) is 13.1 Å². The van der Waals surface area contributed by atoms with Gasteiger partial charge in [-0.1, -0.05) is 0 Å². The monoisotopic (exact) mass is 243 g/mol. The number of ketones is 1. The van der Waals surface area contributed by atoms with Gasteiger partial charge in [0.1, 0.15) is 5.75 Å². The highest BCUT2D eigenvalue weighted by Crippen LogP contribution is 2.20. The molecule has 5 nitrogen and oxygen atoms in total. The topological polar surface area (TPSA) is 88.1 Å². The van der Waals surface area contributed by atoms with Gasteiger partial charge in [0.25, 0.3) is 0 Å². The van der Waals surface area contributed by atoms with Crippen LogP contribution in [0.5, 0.6) is 5.75 Å². The minimum Gasteiger partial charge on any atom is -0.508 e. The molecule has 18 heavy (non-hydrogen) atoms. The maximum atomic E-state index is 11.2. The molecule has 0 heterocycles. The number of carbonyl (C=O) groups excluding carboxylic acids is 1. The molecule has 0 aliphatic carbocycles. The number of carbonyl (C=O) groups is 1. The molecule has 5 heteroatoms. The Labute approximate surface area is 105 Å². The molecule has 0 fully saturated rings. The molecule has 1 aromatic carbocycles. The lowest BCUT2D eigenvalue weighted by Gasteiger charge is -2.16. The van der Waals surface area contributed by atoms with Crippen molar-refractivity contribution in [1.82, 2.24) is 4.90 Å². The molecule has 0 amide bonds. The van der Waals surface area contributed by atoms with Gasteiger partial charge in [-0.15, -0.1) is 0 Å². The molecule has 1 aromatic rings. The lowest BCUT2D eigenvalue weighted by atomic mass is 10.1. The van der Waals surface area contributed by atoms with Crippen molar-refractivity contribution < 1.29 is 9.90 Å². The first-order valence-electron chi connectivity index (χ1n) is 5.37. The number of hydrogen-bond donors (Lipinski definition) is 1. The van der Waals surface area contributed by atoms with Gasteiger partial charge < -0.3 is 5.11 Å². The van der Waals surface area contributed by atoms with Gasteiger partial charge in [-0.2, -0.15) is 10.5 Å². The van der Waals surface area contributed by atoms with Crippen LogP contribution >= 0.6 is 0 Å². The third-order valence-corrected chi connectivity index (χ3v) is 2.47. The van der Waals surface area contributed by atoms with Gasteiger partial charge in [-0.3, -0.25) is 9.69 Å². The summed E-state index contributed by atoms with van der Waals surface area (Å²) in [6.07, 6.45) is 0. The Balaban J connectivity index is 2.95. The Morgan fingerprint density at radius 2 is 1.94 bits per heavy atom. The minimum absolute atomic E-state index is 0.0564. The first-order valence-corrected chi connectivity index (χ1v) is 5.37. The summed E-state index contributed by atoms with van der Waals surface area (Å²) in [7, 11) is 0. The summed E-state index contributed by atoms with van der Waals surface area (Å²) in [6.45, 7) is 1.89. The lowest BCUT2D eigenvalue weighted by Crippen LogP contribution is -2.24. The van der Waals surface area contributed by atoms with Crippen LogP contribution in [0.2, 0.25) is 0 Å². The second kappa shape index (κ2) is 6.39. The predicted octanol–water partition coefficient (Wildman–Crippen LogP) is 1.44. The molecular weight excluding hydrogens is 230 g/mol. The SMILES string of the molecule is CC(=O)c1ccc(O)c(CN(CC#N)CC#N)c1. The molecule has 0 bridgehead atoms. The van der Waals surface area contributed by atoms with E-state index in [1.54, 1.807) is 17.0 Å². The van der Waals surface area contributed by atoms with Gasteiger partial charge >= 0.3 is 0 Å². The number of hydrogen-bond acceptors (Lipinski definition) is 5. The summed E-state index contributed by atoms with van der Waals surface area (Å²) in [6, 6.07) is 8.48. The Morgan fingerprint density at radius 1 is 1.33 bits per heavy atom. The molecule has 0 spiro atoms. The number of Topliss-reactive ketones (excluding diaryl/α,β-unsaturated/α-hetero) is 1. The highest BCUT2D eigenvalue weighted by Gasteiger charge is 2.10. The summed E-state index contributed by atoms with van der Waals surface area (Å²) in [5, 5.41) is 27.0. The van der Waals surface area contributed by atoms with Gasteiger partial charge in [-0.25, -0.2) is 0 Å². The molecule has 0 atom stereocenters. The molecule has 0 radical (unpaired) electrons. The number of rotatable bonds is 5. The molecule has 92 valence electrons. The fourth-order valence-electron chi connectivity index (χ4n) is 1.54. The van der Waals surface area contributed by atoms with Gasteiger partial charge in [0.2, 0.25) is 0 Å². The van der Waals surface area contributed by atoms with Gasteiger partial charge in [0.05, 0.1) is 25.2 Å². The van der Waals surface area contributed by atoms with Crippen molar-refractivity contribution in [2.24, 2.45) is 0 Å². The molecule has 0 saturated carbocycles. The highest BCUT2D eigenvalue weighted by atomic mass is 16.3. The summed E-state index contributed by atoms with van der Waals surface area (Å²) in [5.41, 5.74) is 1.03. The van der Waals surface area contributed by atoms with Crippen LogP contribution in [0, 0.1) is 22.7 Å². The maximum Gasteiger partial charge on any atom is 0.159 e. The van der Waals surface area contributed by atoms with Crippen LogP contribution in [0.4, 0.5) is 0 Å². The average Bonchev–Trinajstić information content (AvgIpc) is 2.32. The highest BCUT2D eigenvalue weighted by molar-refractivity contribution is 5.94. The summed E-state index contributed by atoms with van der Waals surface area (Å²) in [5.74, 6) is -0.0377. The van der Waals surface area contributed by atoms with E-state index in [0.29, 0.717) is 11.1 Å². The maximum absolute atomic E-state index is 11.2. The standard InChI is InChI=1S/C13H13N3O2/c1-10(17)11-2-3-13(18)12(8-11)9-16(6-4-14)7-5-15/h2-3,8,18H,6-7,9H2,1H3. The van der Waals surface area contributed by atoms with Crippen LogP contribution in [0.3, 0.4) is 0 Å². The Hall–Kier alpha value is -2.37. The second-order valence-electron chi connectivity index (χ2n) is 3.86. The van der Waals surface area contributed by atoms with Crippen LogP contribution in [-0.2, 0) is 6.54 Å². The fourth-order valence-corrected chi connectivity index (χ4v) is 1.54. The molecule has 0 aliphatic heterocycles. The average molecular weight is 243 g/mol. The van der Waals surface area contributed by atoms with Gasteiger partial charge in [0, 0.05) is 17.7 Å². The van der Waals surface area contributed by atoms with Gasteiger partial charge in [0.15, 0.2) is 5.78 Å². The molecular formula is C13H13N3O2. The molecule has 0 saturated heterocycles. The number of aromatic hydroxyl groups is 1. The van der Waals surface area contributed by atoms with Crippen molar-refractivity contribution in [3.05, 3.63) is 29.3 Å². The zero-order valence-electron chi connectivity index (χ0n) is 10.1. The molecule has 0 aromatic heterocycles. The van der Waals surface area contributed by atoms with Crippen LogP contribution < -0.4 is 0 Å². The zero-order valence-corrected chi connectivity index (χ0v) is 10.1. The van der Waals surface area contributed by atoms with Crippen LogP contribution in [-0.4, -0.2) is 28.9 Å². The summed E-state index contributed by atoms with van der Waals surface area (Å²) in [4.78, 5) is 12.8. The molecule has 0 unspecified atom stereocenters. The number of benzene rings is 1. The van der Waals surface area contributed by atoms with Crippen molar-refractivity contribution in [2.45, 2.75) is 13.5 Å². The van der Waals surface area contributed by atoms with Crippen molar-refractivity contribution in [3.63, 3.8) is 0 Å². The Bertz CT molecular complexity index is 510. The molecule has 1 N–H and O–H groups in total. The zero-order chi connectivity index (χ0) is 13.5. The van der Waals surface area contributed by atoms with Crippen molar-refractivity contribution in [1.29, 1.82) is 10.5 Å². The third-order valence-electron chi connectivity index (χ3n) is 2.47. The smallest absolute Gasteiger partial charge is 0.159 e. The Kier molecular flexibility index (Phi) is 4.86. The van der Waals surface area contributed by atoms with E-state index < -0.39 is 0 Å². The van der Waals surface area contributed by atoms with E-state index in [-0.39, 0.29) is 31.2 Å². The number of nitriles is 2. The van der Waals surface area contributed by atoms with Crippen LogP contribution in [0.15, 0.2) is 18.2 Å². The van der Waals surface area contributed by atoms with E-state index in [9.17, 15) is 9.90 Å². The van der Waals surface area contributed by atoms with Crippen LogP contribution in [0.25, 0.3) is 0 Å². The van der Waals surface area contributed by atoms with E-state index in [1.165, 1.54) is 13.0 Å². The predicted molar refractivity (Wildman–Crippen MR) is 64.6 cm³/mol. The van der Waals surface area contributed by atoms with E-state index in [1.807, 2.05) is 12.1 Å². The van der Waals surface area contributed by atoms with Crippen LogP contribution in [0.1, 0.15) is 22.8 Å². The number of phenols is 1. The fraction of sp³-hybridized carbons (Fsp3) is 0.308. The first kappa shape index (κ1) is 13.7. The van der Waals surface area contributed by atoms with E-state index >= 15 is 0 Å². The quantitative estimate of drug-likeness (QED) is 0.624. The number of phenolic OH excluding ortho intramolecular Hbond substituents is 1. The van der Waals surface area contributed by atoms with Crippen molar-refractivity contribution in [3.8, 4) is 17.9 Å². The van der Waals surface area contributed by atoms with Crippen molar-refractivity contribution >= 4 is 5.78 Å². The molecule has 0 aliphatic rings. The van der Waals surface area contributed by atoms with E-state index in [0.717, 1.165) is 0 Å². The largest absolute Gasteiger partial charge is 0.508 e. The Morgan fingerprint density at radius 3 is 2.44 bits per heavy atom. The molecule has 1 rings (SSSR count). The normalized spacial score (nSPS) is 9.78. The lowest BCUT2D eigenvalue weighted by molar-refractivity contribution is 0.101. The second-order valence-corrected chi connectivity index (χ2v) is 3.86. The minimum atomic E-state index is -0.0941. The van der Waals surface area contributed by atoms with E-state index in [4.69, 9.17) is 10.5 Å². The summed E-state index contributed by atoms with van der Waals surface area (Å²) >= 11 is 0. The summed E-state index contributed by atoms with van der Waals surface area (Å²) < 4.78 is 0. The first-order chi connectivity index (χ1) is 8.58. The van der Waals surface area contributed by atoms with E-state index in [2.05, 4.69) is 0 Å².